The summed E-state index contributed by atoms with van der Waals surface area (Å²) in [5.41, 5.74) is 16.4. The van der Waals surface area contributed by atoms with E-state index in [-0.39, 0.29) is 0 Å². The smallest absolute Gasteiger partial charge is 0.123 e. The lowest BCUT2D eigenvalue weighted by Gasteiger charge is -2.10. The van der Waals surface area contributed by atoms with Gasteiger partial charge >= 0.3 is 0 Å². The van der Waals surface area contributed by atoms with E-state index in [1.165, 1.54) is 0 Å². The van der Waals surface area contributed by atoms with Gasteiger partial charge in [-0.25, -0.2) is 0 Å². The average molecular weight is 585 g/mol. The van der Waals surface area contributed by atoms with E-state index in [0.29, 0.717) is 5.56 Å². The van der Waals surface area contributed by atoms with Gasteiger partial charge in [-0.1, -0.05) is 84.9 Å². The van der Waals surface area contributed by atoms with Crippen LogP contribution in [0.4, 0.5) is 0 Å². The van der Waals surface area contributed by atoms with Crippen LogP contribution in [0.25, 0.3) is 49.7 Å². The first-order valence-electron chi connectivity index (χ1n) is 14.4. The topological polar surface area (TPSA) is 67.1 Å². The van der Waals surface area contributed by atoms with Gasteiger partial charge in [0.1, 0.15) is 6.17 Å². The fourth-order valence-electron chi connectivity index (χ4n) is 5.75. The predicted molar refractivity (Wildman–Crippen MR) is 185 cm³/mol. The van der Waals surface area contributed by atoms with Crippen molar-refractivity contribution >= 4 is 40.6 Å². The molecule has 210 valence electrons. The fraction of sp³-hybridized carbons (Fsp3) is 0.0256. The Balaban J connectivity index is 1.29. The molecule has 44 heavy (non-hydrogen) atoms. The Bertz CT molecular complexity index is 2210. The number of benzene rings is 6. The molecule has 0 radical (unpaired) electrons. The number of rotatable bonds is 6. The van der Waals surface area contributed by atoms with Crippen LogP contribution in [-0.2, 0) is 0 Å². The molecule has 0 fully saturated rings. The van der Waals surface area contributed by atoms with Crippen molar-refractivity contribution in [1.82, 2.24) is 4.57 Å². The van der Waals surface area contributed by atoms with E-state index >= 15 is 0 Å². The van der Waals surface area contributed by atoms with Crippen LogP contribution in [0.2, 0.25) is 0 Å². The second-order valence-corrected chi connectivity index (χ2v) is 11.2. The van der Waals surface area contributed by atoms with Crippen LogP contribution in [-0.4, -0.2) is 10.8 Å². The summed E-state index contributed by atoms with van der Waals surface area (Å²) in [5, 5.41) is 11.8. The molecule has 0 aliphatic heterocycles. The minimum absolute atomic E-state index is 0.412. The summed E-state index contributed by atoms with van der Waals surface area (Å²) in [6.45, 7) is 0. The third-order valence-corrected chi connectivity index (χ3v) is 8.37. The van der Waals surface area contributed by atoms with Gasteiger partial charge in [-0.05, 0) is 88.0 Å². The second kappa shape index (κ2) is 11.7. The molecule has 0 bridgehead atoms. The maximum absolute atomic E-state index is 9.70. The van der Waals surface area contributed by atoms with Gasteiger partial charge in [0.2, 0.25) is 0 Å². The van der Waals surface area contributed by atoms with Crippen molar-refractivity contribution in [1.29, 1.82) is 5.26 Å². The van der Waals surface area contributed by atoms with Crippen molar-refractivity contribution in [3.05, 3.63) is 156 Å². The molecule has 1 heterocycles. The summed E-state index contributed by atoms with van der Waals surface area (Å²) in [7, 11) is 0. The maximum Gasteiger partial charge on any atom is 0.123 e. The van der Waals surface area contributed by atoms with Gasteiger partial charge < -0.3 is 10.3 Å². The summed E-state index contributed by atoms with van der Waals surface area (Å²) < 4.78 is 2.25. The Morgan fingerprint density at radius 3 is 2.14 bits per heavy atom. The standard InChI is InChI=1S/C39H28N4S/c40-24-27-15-19-36-34(21-27)35-23-30(29-9-6-10-31(22-29)33-11-4-5-12-38(33)44)16-20-37(35)43(36)32-17-13-26(14-18-32)25-42-39(41)28-7-2-1-3-8-28/h1-23,25,39,44H,41H2/b42-25+. The lowest BCUT2D eigenvalue weighted by molar-refractivity contribution is 0.780. The van der Waals surface area contributed by atoms with E-state index in [4.69, 9.17) is 5.73 Å². The van der Waals surface area contributed by atoms with Crippen molar-refractivity contribution in [2.75, 3.05) is 0 Å². The van der Waals surface area contributed by atoms with E-state index in [1.807, 2.05) is 72.9 Å². The molecule has 0 spiro atoms. The Kier molecular flexibility index (Phi) is 7.29. The van der Waals surface area contributed by atoms with Crippen molar-refractivity contribution in [2.45, 2.75) is 11.1 Å². The van der Waals surface area contributed by atoms with Crippen molar-refractivity contribution < 1.29 is 0 Å². The van der Waals surface area contributed by atoms with Gasteiger partial charge in [0, 0.05) is 27.6 Å². The van der Waals surface area contributed by atoms with E-state index in [0.717, 1.165) is 65.8 Å². The number of nitrogens with zero attached hydrogens (tertiary/aromatic N) is 3. The van der Waals surface area contributed by atoms with E-state index in [9.17, 15) is 5.26 Å². The maximum atomic E-state index is 9.70. The van der Waals surface area contributed by atoms with E-state index < -0.39 is 6.17 Å². The van der Waals surface area contributed by atoms with Crippen LogP contribution < -0.4 is 5.73 Å². The zero-order valence-electron chi connectivity index (χ0n) is 23.8. The lowest BCUT2D eigenvalue weighted by Crippen LogP contribution is -2.07. The van der Waals surface area contributed by atoms with Crippen molar-refractivity contribution in [2.24, 2.45) is 10.7 Å². The minimum atomic E-state index is -0.412. The summed E-state index contributed by atoms with van der Waals surface area (Å²) >= 11 is 4.68. The normalized spacial score (nSPS) is 12.1. The number of thiol groups is 1. The highest BCUT2D eigenvalue weighted by Gasteiger charge is 2.15. The molecule has 1 atom stereocenters. The fourth-order valence-corrected chi connectivity index (χ4v) is 6.04. The SMILES string of the molecule is N#Cc1ccc2c(c1)c1cc(-c3cccc(-c4ccccc4S)c3)ccc1n2-c1ccc(/C=N/C(N)c2ccccc2)cc1. The molecule has 2 N–H and O–H groups in total. The minimum Gasteiger partial charge on any atom is -0.309 e. The Morgan fingerprint density at radius 2 is 1.36 bits per heavy atom. The van der Waals surface area contributed by atoms with E-state index in [1.54, 1.807) is 0 Å². The number of hydrogen-bond acceptors (Lipinski definition) is 4. The molecule has 5 heteroatoms. The molecule has 0 aliphatic carbocycles. The quantitative estimate of drug-likeness (QED) is 0.151. The number of hydrogen-bond donors (Lipinski definition) is 2. The number of nitriles is 1. The Hall–Kier alpha value is -5.41. The first-order valence-corrected chi connectivity index (χ1v) is 14.8. The highest BCUT2D eigenvalue weighted by atomic mass is 32.1. The first kappa shape index (κ1) is 27.4. The van der Waals surface area contributed by atoms with Crippen molar-refractivity contribution in [3.63, 3.8) is 0 Å². The monoisotopic (exact) mass is 584 g/mol. The molecule has 4 nitrogen and oxygen atoms in total. The van der Waals surface area contributed by atoms with Crippen LogP contribution in [0.3, 0.4) is 0 Å². The molecule has 7 rings (SSSR count). The summed E-state index contributed by atoms with van der Waals surface area (Å²) in [6.07, 6.45) is 1.41. The molecule has 0 saturated heterocycles. The zero-order chi connectivity index (χ0) is 30.0. The van der Waals surface area contributed by atoms with Crippen LogP contribution in [0, 0.1) is 11.3 Å². The van der Waals surface area contributed by atoms with Crippen LogP contribution in [0.1, 0.15) is 22.9 Å². The molecule has 1 aromatic heterocycles. The largest absolute Gasteiger partial charge is 0.309 e. The van der Waals surface area contributed by atoms with E-state index in [2.05, 4.69) is 101 Å². The predicted octanol–water partition coefficient (Wildman–Crippen LogP) is 9.35. The Morgan fingerprint density at radius 1 is 0.682 bits per heavy atom. The number of aliphatic imine (C=N–C) groups is 1. The molecular weight excluding hydrogens is 557 g/mol. The number of aromatic nitrogens is 1. The number of fused-ring (bicyclic) bond motifs is 3. The highest BCUT2D eigenvalue weighted by Crippen LogP contribution is 2.37. The van der Waals surface area contributed by atoms with Crippen LogP contribution in [0.15, 0.2) is 149 Å². The summed E-state index contributed by atoms with van der Waals surface area (Å²) in [5.74, 6) is 0. The van der Waals surface area contributed by atoms with Gasteiger partial charge in [-0.15, -0.1) is 12.6 Å². The van der Waals surface area contributed by atoms with Gasteiger partial charge in [0.15, 0.2) is 0 Å². The first-order chi connectivity index (χ1) is 21.6. The van der Waals surface area contributed by atoms with Crippen molar-refractivity contribution in [3.8, 4) is 34.0 Å². The second-order valence-electron chi connectivity index (χ2n) is 10.7. The van der Waals surface area contributed by atoms with Gasteiger partial charge in [0.05, 0.1) is 22.7 Å². The third-order valence-electron chi connectivity index (χ3n) is 7.98. The molecule has 0 aliphatic rings. The molecule has 0 amide bonds. The molecule has 0 saturated carbocycles. The van der Waals surface area contributed by atoms with Crippen LogP contribution in [0.5, 0.6) is 0 Å². The highest BCUT2D eigenvalue weighted by molar-refractivity contribution is 7.80. The Labute approximate surface area is 261 Å². The molecular formula is C39H28N4S. The third kappa shape index (κ3) is 5.18. The lowest BCUT2D eigenvalue weighted by atomic mass is 9.98. The zero-order valence-corrected chi connectivity index (χ0v) is 24.7. The summed E-state index contributed by atoms with van der Waals surface area (Å²) in [4.78, 5) is 5.50. The summed E-state index contributed by atoms with van der Waals surface area (Å²) in [6, 6.07) is 49.6. The number of nitrogens with two attached hydrogens (primary N) is 1. The van der Waals surface area contributed by atoms with Gasteiger partial charge in [-0.2, -0.15) is 5.26 Å². The molecule has 6 aromatic carbocycles. The average Bonchev–Trinajstić information content (AvgIpc) is 3.41. The molecule has 7 aromatic rings. The molecule has 1 unspecified atom stereocenters. The van der Waals surface area contributed by atoms with Gasteiger partial charge in [-0.3, -0.25) is 4.99 Å². The van der Waals surface area contributed by atoms with Gasteiger partial charge in [0.25, 0.3) is 0 Å². The van der Waals surface area contributed by atoms with Crippen LogP contribution >= 0.6 is 12.6 Å².